The Balaban J connectivity index is 1.09. The summed E-state index contributed by atoms with van der Waals surface area (Å²) in [5, 5.41) is 2.35. The van der Waals surface area contributed by atoms with E-state index in [1.807, 2.05) is 24.4 Å². The minimum atomic E-state index is -0.605. The number of hydrogen-bond acceptors (Lipinski definition) is 7. The number of pyridine rings is 1. The lowest BCUT2D eigenvalue weighted by Gasteiger charge is -2.45. The number of rotatable bonds is 6. The standard InChI is InChI=1S/C27H30N4O5/c1-35-25-10-5-16(12-28-25)18-13-30(14-18)21-3-2-4-23(21)36-19-6-7-20-17(11-19)15-31(27(20)34)22-8-9-24(32)29-26(22)33/h5-7,10-12,18,21-23H,2-4,8-9,13-15H2,1H3,(H,29,32,33)/t21-,22?,23-/m1/s1. The zero-order valence-corrected chi connectivity index (χ0v) is 20.3. The fourth-order valence-electron chi connectivity index (χ4n) is 6.01. The number of fused-ring (bicyclic) bond motifs is 1. The summed E-state index contributed by atoms with van der Waals surface area (Å²) in [6.45, 7) is 2.35. The van der Waals surface area contributed by atoms with Gasteiger partial charge in [0.1, 0.15) is 17.9 Å². The number of hydrogen-bond donors (Lipinski definition) is 1. The number of likely N-dealkylation sites (tertiary alicyclic amines) is 1. The van der Waals surface area contributed by atoms with Crippen LogP contribution in [-0.2, 0) is 16.1 Å². The van der Waals surface area contributed by atoms with Gasteiger partial charge in [0.05, 0.1) is 7.11 Å². The Morgan fingerprint density at radius 2 is 1.92 bits per heavy atom. The maximum absolute atomic E-state index is 13.0. The van der Waals surface area contributed by atoms with Crippen LogP contribution in [-0.4, -0.2) is 70.9 Å². The van der Waals surface area contributed by atoms with Gasteiger partial charge in [-0.3, -0.25) is 24.6 Å². The molecule has 36 heavy (non-hydrogen) atoms. The third-order valence-electron chi connectivity index (χ3n) is 8.02. The number of aromatic nitrogens is 1. The topological polar surface area (TPSA) is 101 Å². The minimum Gasteiger partial charge on any atom is -0.489 e. The SMILES string of the molecule is COc1ccc(C2CN([C@@H]3CCC[C@H]3Oc3ccc4c(c3)CN(C3CCC(=O)NC3=O)C4=O)C2)cn1. The fourth-order valence-corrected chi connectivity index (χ4v) is 6.01. The van der Waals surface area contributed by atoms with Crippen molar-refractivity contribution in [2.45, 2.75) is 62.8 Å². The number of amides is 3. The first-order valence-electron chi connectivity index (χ1n) is 12.7. The van der Waals surface area contributed by atoms with Gasteiger partial charge in [0.15, 0.2) is 0 Å². The zero-order chi connectivity index (χ0) is 24.8. The van der Waals surface area contributed by atoms with Crippen molar-refractivity contribution < 1.29 is 23.9 Å². The predicted octanol–water partition coefficient (Wildman–Crippen LogP) is 2.25. The van der Waals surface area contributed by atoms with Gasteiger partial charge >= 0.3 is 0 Å². The summed E-state index contributed by atoms with van der Waals surface area (Å²) >= 11 is 0. The van der Waals surface area contributed by atoms with Crippen LogP contribution in [0.4, 0.5) is 0 Å². The molecular weight excluding hydrogens is 460 g/mol. The Kier molecular flexibility index (Phi) is 5.87. The highest BCUT2D eigenvalue weighted by Gasteiger charge is 2.42. The molecule has 4 aliphatic rings. The molecule has 3 amide bonds. The third-order valence-corrected chi connectivity index (χ3v) is 8.02. The van der Waals surface area contributed by atoms with Gasteiger partial charge in [-0.05, 0) is 55.0 Å². The second-order valence-corrected chi connectivity index (χ2v) is 10.2. The average Bonchev–Trinajstić information content (AvgIpc) is 3.43. The number of benzene rings is 1. The molecule has 2 aromatic rings. The Morgan fingerprint density at radius 1 is 1.06 bits per heavy atom. The van der Waals surface area contributed by atoms with E-state index < -0.39 is 11.9 Å². The first-order chi connectivity index (χ1) is 17.5. The van der Waals surface area contributed by atoms with Crippen molar-refractivity contribution in [1.82, 2.24) is 20.1 Å². The average molecular weight is 491 g/mol. The number of ether oxygens (including phenoxy) is 2. The van der Waals surface area contributed by atoms with Gasteiger partial charge in [0, 0.05) is 55.8 Å². The Bertz CT molecular complexity index is 1190. The number of imide groups is 1. The van der Waals surface area contributed by atoms with E-state index in [0.29, 0.717) is 36.4 Å². The molecule has 1 saturated carbocycles. The summed E-state index contributed by atoms with van der Waals surface area (Å²) in [4.78, 5) is 45.2. The lowest BCUT2D eigenvalue weighted by molar-refractivity contribution is -0.136. The van der Waals surface area contributed by atoms with Crippen LogP contribution in [0.25, 0.3) is 0 Å². The van der Waals surface area contributed by atoms with E-state index >= 15 is 0 Å². The molecule has 3 aliphatic heterocycles. The van der Waals surface area contributed by atoms with Gasteiger partial charge in [0.25, 0.3) is 5.91 Å². The molecule has 9 heteroatoms. The van der Waals surface area contributed by atoms with E-state index in [1.165, 1.54) is 5.56 Å². The van der Waals surface area contributed by atoms with E-state index in [2.05, 4.69) is 21.3 Å². The van der Waals surface area contributed by atoms with Crippen LogP contribution in [0.3, 0.4) is 0 Å². The van der Waals surface area contributed by atoms with Crippen molar-refractivity contribution in [3.05, 3.63) is 53.2 Å². The summed E-state index contributed by atoms with van der Waals surface area (Å²) in [7, 11) is 1.63. The Morgan fingerprint density at radius 3 is 2.67 bits per heavy atom. The van der Waals surface area contributed by atoms with Crippen molar-refractivity contribution in [1.29, 1.82) is 0 Å². The second kappa shape index (κ2) is 9.20. The van der Waals surface area contributed by atoms with Gasteiger partial charge in [0.2, 0.25) is 17.7 Å². The maximum atomic E-state index is 13.0. The van der Waals surface area contributed by atoms with E-state index in [4.69, 9.17) is 9.47 Å². The van der Waals surface area contributed by atoms with Gasteiger partial charge in [-0.15, -0.1) is 0 Å². The first kappa shape index (κ1) is 23.0. The number of methoxy groups -OCH3 is 1. The van der Waals surface area contributed by atoms with Crippen LogP contribution in [0, 0.1) is 0 Å². The molecule has 9 nitrogen and oxygen atoms in total. The van der Waals surface area contributed by atoms with E-state index in [1.54, 1.807) is 18.1 Å². The van der Waals surface area contributed by atoms with Crippen molar-refractivity contribution in [3.63, 3.8) is 0 Å². The minimum absolute atomic E-state index is 0.112. The fraction of sp³-hybridized carbons (Fsp3) is 0.481. The predicted molar refractivity (Wildman–Crippen MR) is 130 cm³/mol. The second-order valence-electron chi connectivity index (χ2n) is 10.2. The van der Waals surface area contributed by atoms with Crippen LogP contribution in [0.5, 0.6) is 11.6 Å². The summed E-state index contributed by atoms with van der Waals surface area (Å²) in [6, 6.07) is 9.39. The molecule has 1 aromatic carbocycles. The summed E-state index contributed by atoms with van der Waals surface area (Å²) < 4.78 is 11.6. The highest BCUT2D eigenvalue weighted by molar-refractivity contribution is 6.05. The van der Waals surface area contributed by atoms with E-state index in [0.717, 1.165) is 43.7 Å². The largest absolute Gasteiger partial charge is 0.489 e. The number of carbonyl (C=O) groups is 3. The monoisotopic (exact) mass is 490 g/mol. The van der Waals surface area contributed by atoms with E-state index in [9.17, 15) is 14.4 Å². The molecule has 4 heterocycles. The van der Waals surface area contributed by atoms with Gasteiger partial charge < -0.3 is 14.4 Å². The molecule has 2 saturated heterocycles. The summed E-state index contributed by atoms with van der Waals surface area (Å²) in [6.07, 6.45) is 5.89. The maximum Gasteiger partial charge on any atom is 0.255 e. The van der Waals surface area contributed by atoms with Crippen LogP contribution in [0.2, 0.25) is 0 Å². The van der Waals surface area contributed by atoms with Crippen molar-refractivity contribution >= 4 is 17.7 Å². The smallest absolute Gasteiger partial charge is 0.255 e. The van der Waals surface area contributed by atoms with Crippen LogP contribution < -0.4 is 14.8 Å². The molecule has 3 atom stereocenters. The normalized spacial score (nSPS) is 26.5. The third kappa shape index (κ3) is 4.11. The lowest BCUT2D eigenvalue weighted by Crippen LogP contribution is -2.54. The van der Waals surface area contributed by atoms with Gasteiger partial charge in [-0.2, -0.15) is 0 Å². The van der Waals surface area contributed by atoms with Crippen molar-refractivity contribution in [3.8, 4) is 11.6 Å². The highest BCUT2D eigenvalue weighted by Crippen LogP contribution is 2.37. The Hall–Kier alpha value is -3.46. The molecular formula is C27H30N4O5. The highest BCUT2D eigenvalue weighted by atomic mass is 16.5. The van der Waals surface area contributed by atoms with Gasteiger partial charge in [-0.25, -0.2) is 4.98 Å². The molecule has 0 bridgehead atoms. The molecule has 1 aromatic heterocycles. The quantitative estimate of drug-likeness (QED) is 0.620. The molecule has 6 rings (SSSR count). The van der Waals surface area contributed by atoms with Crippen molar-refractivity contribution in [2.24, 2.45) is 0 Å². The van der Waals surface area contributed by atoms with Crippen LogP contribution in [0.15, 0.2) is 36.5 Å². The molecule has 188 valence electrons. The Labute approximate surface area is 209 Å². The number of carbonyl (C=O) groups excluding carboxylic acids is 3. The molecule has 3 fully saturated rings. The summed E-state index contributed by atoms with van der Waals surface area (Å²) in [5.74, 6) is 1.04. The number of nitrogens with zero attached hydrogens (tertiary/aromatic N) is 3. The zero-order valence-electron chi connectivity index (χ0n) is 20.3. The van der Waals surface area contributed by atoms with Crippen LogP contribution >= 0.6 is 0 Å². The molecule has 0 radical (unpaired) electrons. The van der Waals surface area contributed by atoms with Crippen LogP contribution in [0.1, 0.15) is 59.5 Å². The summed E-state index contributed by atoms with van der Waals surface area (Å²) in [5.41, 5.74) is 2.72. The van der Waals surface area contributed by atoms with Gasteiger partial charge in [-0.1, -0.05) is 6.07 Å². The molecule has 1 unspecified atom stereocenters. The molecule has 0 spiro atoms. The van der Waals surface area contributed by atoms with Crippen molar-refractivity contribution in [2.75, 3.05) is 20.2 Å². The lowest BCUT2D eigenvalue weighted by atomic mass is 9.90. The molecule has 1 N–H and O–H groups in total. The number of piperidine rings is 1. The number of nitrogens with one attached hydrogen (secondary N) is 1. The van der Waals surface area contributed by atoms with E-state index in [-0.39, 0.29) is 24.3 Å². The first-order valence-corrected chi connectivity index (χ1v) is 12.7. The molecule has 1 aliphatic carbocycles.